The average molecular weight is 503 g/mol. The molecule has 0 aliphatic carbocycles. The van der Waals surface area contributed by atoms with Crippen LogP contribution in [0.4, 0.5) is 0 Å². The van der Waals surface area contributed by atoms with Gasteiger partial charge in [0, 0.05) is 55.3 Å². The first kappa shape index (κ1) is 24.5. The van der Waals surface area contributed by atoms with E-state index in [2.05, 4.69) is 34.1 Å². The summed E-state index contributed by atoms with van der Waals surface area (Å²) < 4.78 is 5.63. The van der Waals surface area contributed by atoms with Gasteiger partial charge in [0.1, 0.15) is 5.75 Å². The van der Waals surface area contributed by atoms with Crippen LogP contribution in [0.25, 0.3) is 0 Å². The van der Waals surface area contributed by atoms with Crippen LogP contribution < -0.4 is 4.74 Å². The van der Waals surface area contributed by atoms with Crippen LogP contribution in [0.3, 0.4) is 0 Å². The molecular weight excluding hydrogens is 472 g/mol. The molecule has 0 saturated carbocycles. The summed E-state index contributed by atoms with van der Waals surface area (Å²) in [6.45, 7) is 4.86. The van der Waals surface area contributed by atoms with E-state index in [1.165, 1.54) is 5.56 Å². The van der Waals surface area contributed by atoms with Crippen molar-refractivity contribution in [2.75, 3.05) is 39.8 Å². The minimum absolute atomic E-state index is 0.00975. The Kier molecular flexibility index (Phi) is 7.66. The number of para-hydroxylation sites is 1. The van der Waals surface area contributed by atoms with Crippen LogP contribution in [0.2, 0.25) is 5.02 Å². The molecular formula is C29H31ClN4O2. The number of amides is 1. The number of carbonyl (C=O) groups is 1. The van der Waals surface area contributed by atoms with E-state index in [1.54, 1.807) is 12.1 Å². The predicted octanol–water partition coefficient (Wildman–Crippen LogP) is 4.84. The summed E-state index contributed by atoms with van der Waals surface area (Å²) in [5.74, 6) is 0.745. The lowest BCUT2D eigenvalue weighted by molar-refractivity contribution is -0.134. The fourth-order valence-corrected chi connectivity index (χ4v) is 5.24. The van der Waals surface area contributed by atoms with Gasteiger partial charge in [0.15, 0.2) is 0 Å². The standard InChI is InChI=1S/C29H31ClN4O2/c1-36-28-14-8-6-12-24(28)27-19-26(23-11-5-7-13-25(23)30)31-34(27)29(35)21-33-17-15-32(16-18-33)20-22-9-3-2-4-10-22/h2-14,27H,15-21H2,1H3/t27-/m0/s1. The van der Waals surface area contributed by atoms with E-state index in [1.807, 2.05) is 54.6 Å². The maximum atomic E-state index is 13.6. The van der Waals surface area contributed by atoms with Crippen LogP contribution in [0.15, 0.2) is 84.0 Å². The highest BCUT2D eigenvalue weighted by Gasteiger charge is 2.36. The Hall–Kier alpha value is -3.19. The van der Waals surface area contributed by atoms with Gasteiger partial charge in [0.2, 0.25) is 0 Å². The number of ether oxygens (including phenoxy) is 1. The summed E-state index contributed by atoms with van der Waals surface area (Å²) in [4.78, 5) is 18.3. The van der Waals surface area contributed by atoms with Crippen molar-refractivity contribution in [2.45, 2.75) is 19.0 Å². The SMILES string of the molecule is COc1ccccc1[C@@H]1CC(c2ccccc2Cl)=NN1C(=O)CN1CCN(Cc2ccccc2)CC1. The number of carbonyl (C=O) groups excluding carboxylic acids is 1. The van der Waals surface area contributed by atoms with Crippen molar-refractivity contribution in [1.29, 1.82) is 0 Å². The van der Waals surface area contributed by atoms with Crippen LogP contribution in [-0.4, -0.2) is 66.3 Å². The van der Waals surface area contributed by atoms with E-state index in [4.69, 9.17) is 21.4 Å². The molecule has 0 radical (unpaired) electrons. The summed E-state index contributed by atoms with van der Waals surface area (Å²) in [5, 5.41) is 7.10. The van der Waals surface area contributed by atoms with Crippen LogP contribution in [0.5, 0.6) is 5.75 Å². The molecule has 0 aromatic heterocycles. The van der Waals surface area contributed by atoms with Gasteiger partial charge in [-0.3, -0.25) is 14.6 Å². The zero-order chi connectivity index (χ0) is 24.9. The molecule has 7 heteroatoms. The van der Waals surface area contributed by atoms with Crippen molar-refractivity contribution >= 4 is 23.2 Å². The van der Waals surface area contributed by atoms with E-state index in [-0.39, 0.29) is 11.9 Å². The monoisotopic (exact) mass is 502 g/mol. The number of methoxy groups -OCH3 is 1. The first-order valence-electron chi connectivity index (χ1n) is 12.4. The first-order chi connectivity index (χ1) is 17.6. The highest BCUT2D eigenvalue weighted by molar-refractivity contribution is 6.34. The van der Waals surface area contributed by atoms with E-state index >= 15 is 0 Å². The fourth-order valence-electron chi connectivity index (χ4n) is 4.99. The van der Waals surface area contributed by atoms with Gasteiger partial charge in [-0.05, 0) is 17.7 Å². The molecule has 0 N–H and O–H groups in total. The average Bonchev–Trinajstić information content (AvgIpc) is 3.36. The number of halogens is 1. The Bertz CT molecular complexity index is 1220. The molecule has 2 heterocycles. The molecule has 6 nitrogen and oxygen atoms in total. The largest absolute Gasteiger partial charge is 0.496 e. The molecule has 3 aromatic rings. The quantitative estimate of drug-likeness (QED) is 0.463. The third kappa shape index (κ3) is 5.46. The molecule has 0 spiro atoms. The summed E-state index contributed by atoms with van der Waals surface area (Å²) in [5.41, 5.74) is 3.95. The molecule has 0 bridgehead atoms. The van der Waals surface area contributed by atoms with Gasteiger partial charge in [-0.15, -0.1) is 0 Å². The fraction of sp³-hybridized carbons (Fsp3) is 0.310. The molecule has 1 atom stereocenters. The Morgan fingerprint density at radius 2 is 1.58 bits per heavy atom. The number of hydrazone groups is 1. The lowest BCUT2D eigenvalue weighted by Crippen LogP contribution is -2.49. The lowest BCUT2D eigenvalue weighted by atomic mass is 9.97. The number of hydrogen-bond donors (Lipinski definition) is 0. The molecule has 2 aliphatic rings. The Morgan fingerprint density at radius 3 is 2.33 bits per heavy atom. The minimum Gasteiger partial charge on any atom is -0.496 e. The van der Waals surface area contributed by atoms with E-state index in [9.17, 15) is 4.79 Å². The maximum Gasteiger partial charge on any atom is 0.257 e. The molecule has 1 amide bonds. The predicted molar refractivity (Wildman–Crippen MR) is 143 cm³/mol. The molecule has 186 valence electrons. The zero-order valence-electron chi connectivity index (χ0n) is 20.5. The number of nitrogens with zero attached hydrogens (tertiary/aromatic N) is 4. The lowest BCUT2D eigenvalue weighted by Gasteiger charge is -2.35. The Morgan fingerprint density at radius 1 is 0.917 bits per heavy atom. The maximum absolute atomic E-state index is 13.6. The van der Waals surface area contributed by atoms with E-state index in [0.717, 1.165) is 55.3 Å². The topological polar surface area (TPSA) is 48.4 Å². The third-order valence-electron chi connectivity index (χ3n) is 6.92. The van der Waals surface area contributed by atoms with Crippen molar-refractivity contribution in [1.82, 2.24) is 14.8 Å². The molecule has 3 aromatic carbocycles. The highest BCUT2D eigenvalue weighted by atomic mass is 35.5. The van der Waals surface area contributed by atoms with Crippen LogP contribution in [0, 0.1) is 0 Å². The zero-order valence-corrected chi connectivity index (χ0v) is 21.3. The number of piperazine rings is 1. The summed E-state index contributed by atoms with van der Waals surface area (Å²) >= 11 is 6.49. The number of rotatable bonds is 7. The second kappa shape index (κ2) is 11.2. The minimum atomic E-state index is -0.237. The molecule has 1 fully saturated rings. The third-order valence-corrected chi connectivity index (χ3v) is 7.25. The van der Waals surface area contributed by atoms with Gasteiger partial charge in [-0.25, -0.2) is 5.01 Å². The van der Waals surface area contributed by atoms with Gasteiger partial charge < -0.3 is 4.74 Å². The number of hydrogen-bond acceptors (Lipinski definition) is 5. The summed E-state index contributed by atoms with van der Waals surface area (Å²) in [6, 6.07) is 25.8. The summed E-state index contributed by atoms with van der Waals surface area (Å²) in [7, 11) is 1.66. The van der Waals surface area contributed by atoms with E-state index < -0.39 is 0 Å². The van der Waals surface area contributed by atoms with E-state index in [0.29, 0.717) is 18.0 Å². The molecule has 5 rings (SSSR count). The second-order valence-corrected chi connectivity index (χ2v) is 9.67. The van der Waals surface area contributed by atoms with Gasteiger partial charge in [0.25, 0.3) is 5.91 Å². The first-order valence-corrected chi connectivity index (χ1v) is 12.8. The van der Waals surface area contributed by atoms with Gasteiger partial charge >= 0.3 is 0 Å². The molecule has 36 heavy (non-hydrogen) atoms. The van der Waals surface area contributed by atoms with Crippen molar-refractivity contribution in [3.8, 4) is 5.75 Å². The van der Waals surface area contributed by atoms with Crippen molar-refractivity contribution in [2.24, 2.45) is 5.10 Å². The van der Waals surface area contributed by atoms with Crippen molar-refractivity contribution in [3.63, 3.8) is 0 Å². The van der Waals surface area contributed by atoms with Gasteiger partial charge in [-0.1, -0.05) is 78.3 Å². The van der Waals surface area contributed by atoms with Crippen LogP contribution >= 0.6 is 11.6 Å². The smallest absolute Gasteiger partial charge is 0.257 e. The normalized spacial score (nSPS) is 18.8. The van der Waals surface area contributed by atoms with Crippen LogP contribution in [0.1, 0.15) is 29.2 Å². The Labute approximate surface area is 217 Å². The van der Waals surface area contributed by atoms with Crippen molar-refractivity contribution in [3.05, 3.63) is 101 Å². The molecule has 1 saturated heterocycles. The summed E-state index contributed by atoms with van der Waals surface area (Å²) in [6.07, 6.45) is 0.584. The Balaban J connectivity index is 1.30. The highest BCUT2D eigenvalue weighted by Crippen LogP contribution is 2.38. The molecule has 0 unspecified atom stereocenters. The van der Waals surface area contributed by atoms with Crippen molar-refractivity contribution < 1.29 is 9.53 Å². The second-order valence-electron chi connectivity index (χ2n) is 9.26. The number of benzene rings is 3. The van der Waals surface area contributed by atoms with Crippen LogP contribution in [-0.2, 0) is 11.3 Å². The molecule has 2 aliphatic heterocycles. The van der Waals surface area contributed by atoms with Gasteiger partial charge in [0.05, 0.1) is 25.4 Å². The van der Waals surface area contributed by atoms with Gasteiger partial charge in [-0.2, -0.15) is 5.10 Å².